The van der Waals surface area contributed by atoms with Crippen molar-refractivity contribution in [1.82, 2.24) is 5.32 Å². The van der Waals surface area contributed by atoms with Crippen LogP contribution in [0.1, 0.15) is 33.6 Å². The predicted octanol–water partition coefficient (Wildman–Crippen LogP) is 1.33. The molecule has 0 bridgehead atoms. The van der Waals surface area contributed by atoms with Gasteiger partial charge < -0.3 is 10.1 Å². The first-order valence-electron chi connectivity index (χ1n) is 5.07. The molecule has 0 saturated heterocycles. The lowest BCUT2D eigenvalue weighted by Crippen LogP contribution is -2.41. The quantitative estimate of drug-likeness (QED) is 0.657. The second-order valence-corrected chi connectivity index (χ2v) is 3.77. The van der Waals surface area contributed by atoms with Gasteiger partial charge in [0.25, 0.3) is 0 Å². The van der Waals surface area contributed by atoms with E-state index >= 15 is 0 Å². The van der Waals surface area contributed by atoms with Crippen molar-refractivity contribution in [3.05, 3.63) is 0 Å². The van der Waals surface area contributed by atoms with Gasteiger partial charge in [-0.2, -0.15) is 0 Å². The highest BCUT2D eigenvalue weighted by Gasteiger charge is 2.29. The predicted molar refractivity (Wildman–Crippen MR) is 51.4 cm³/mol. The summed E-state index contributed by atoms with van der Waals surface area (Å²) in [5, 5.41) is 3.25. The van der Waals surface area contributed by atoms with Crippen LogP contribution in [-0.4, -0.2) is 24.7 Å². The van der Waals surface area contributed by atoms with Crippen molar-refractivity contribution < 1.29 is 9.53 Å². The second-order valence-electron chi connectivity index (χ2n) is 3.77. The van der Waals surface area contributed by atoms with Crippen molar-refractivity contribution in [3.63, 3.8) is 0 Å². The van der Waals surface area contributed by atoms with Crippen LogP contribution in [0.2, 0.25) is 0 Å². The highest BCUT2D eigenvalue weighted by atomic mass is 16.5. The van der Waals surface area contributed by atoms with Crippen molar-refractivity contribution in [2.45, 2.75) is 45.7 Å². The largest absolute Gasteiger partial charge is 0.465 e. The molecular formula is C10H19NO2. The molecule has 0 amide bonds. The Kier molecular flexibility index (Phi) is 3.72. The van der Waals surface area contributed by atoms with Crippen LogP contribution >= 0.6 is 0 Å². The van der Waals surface area contributed by atoms with Crippen LogP contribution < -0.4 is 5.32 Å². The van der Waals surface area contributed by atoms with Gasteiger partial charge in [-0.1, -0.05) is 0 Å². The maximum Gasteiger partial charge on any atom is 0.322 e. The summed E-state index contributed by atoms with van der Waals surface area (Å²) in [5.74, 6) is 0.631. The van der Waals surface area contributed by atoms with Crippen molar-refractivity contribution in [2.24, 2.45) is 5.92 Å². The first kappa shape index (κ1) is 10.5. The number of esters is 1. The number of hydrogen-bond acceptors (Lipinski definition) is 3. The van der Waals surface area contributed by atoms with E-state index in [2.05, 4.69) is 12.2 Å². The average Bonchev–Trinajstić information content (AvgIpc) is 2.86. The zero-order valence-electron chi connectivity index (χ0n) is 8.67. The van der Waals surface area contributed by atoms with Crippen molar-refractivity contribution in [2.75, 3.05) is 6.61 Å². The molecule has 3 nitrogen and oxygen atoms in total. The van der Waals surface area contributed by atoms with Gasteiger partial charge in [0.05, 0.1) is 6.61 Å². The fraction of sp³-hybridized carbons (Fsp3) is 0.900. The Balaban J connectivity index is 2.21. The minimum Gasteiger partial charge on any atom is -0.465 e. The van der Waals surface area contributed by atoms with Crippen molar-refractivity contribution >= 4 is 5.97 Å². The van der Waals surface area contributed by atoms with Gasteiger partial charge in [0.2, 0.25) is 0 Å². The third-order valence-electron chi connectivity index (χ3n) is 2.48. The zero-order valence-corrected chi connectivity index (χ0v) is 8.67. The van der Waals surface area contributed by atoms with Gasteiger partial charge in [-0.25, -0.2) is 0 Å². The molecule has 1 aliphatic rings. The Bertz CT molecular complexity index is 178. The number of carbonyl (C=O) groups is 1. The van der Waals surface area contributed by atoms with Crippen LogP contribution in [0.5, 0.6) is 0 Å². The molecule has 0 aromatic rings. The van der Waals surface area contributed by atoms with E-state index in [1.807, 2.05) is 13.8 Å². The van der Waals surface area contributed by atoms with Gasteiger partial charge in [-0.15, -0.1) is 0 Å². The Morgan fingerprint density at radius 2 is 2.15 bits per heavy atom. The topological polar surface area (TPSA) is 38.3 Å². The van der Waals surface area contributed by atoms with E-state index in [4.69, 9.17) is 4.74 Å². The molecule has 0 aromatic heterocycles. The fourth-order valence-corrected chi connectivity index (χ4v) is 1.46. The molecule has 0 aromatic carbocycles. The van der Waals surface area contributed by atoms with Crippen LogP contribution in [0.25, 0.3) is 0 Å². The van der Waals surface area contributed by atoms with E-state index in [-0.39, 0.29) is 12.0 Å². The lowest BCUT2D eigenvalue weighted by atomic mass is 10.2. The molecule has 76 valence electrons. The van der Waals surface area contributed by atoms with E-state index < -0.39 is 0 Å². The lowest BCUT2D eigenvalue weighted by molar-refractivity contribution is -0.145. The minimum absolute atomic E-state index is 0.144. The van der Waals surface area contributed by atoms with Crippen LogP contribution in [0, 0.1) is 5.92 Å². The van der Waals surface area contributed by atoms with E-state index in [1.54, 1.807) is 0 Å². The molecule has 0 radical (unpaired) electrons. The smallest absolute Gasteiger partial charge is 0.322 e. The van der Waals surface area contributed by atoms with Gasteiger partial charge >= 0.3 is 5.97 Å². The van der Waals surface area contributed by atoms with Gasteiger partial charge in [0.1, 0.15) is 6.04 Å². The molecule has 1 rings (SSSR count). The molecule has 3 heteroatoms. The van der Waals surface area contributed by atoms with E-state index in [0.717, 1.165) is 5.92 Å². The van der Waals surface area contributed by atoms with Gasteiger partial charge in [0, 0.05) is 6.04 Å². The molecule has 0 spiro atoms. The molecule has 13 heavy (non-hydrogen) atoms. The molecule has 2 atom stereocenters. The highest BCUT2D eigenvalue weighted by Crippen LogP contribution is 2.32. The average molecular weight is 185 g/mol. The monoisotopic (exact) mass is 185 g/mol. The van der Waals surface area contributed by atoms with E-state index in [9.17, 15) is 4.79 Å². The Morgan fingerprint density at radius 1 is 1.54 bits per heavy atom. The van der Waals surface area contributed by atoms with Gasteiger partial charge in [-0.3, -0.25) is 4.79 Å². The van der Waals surface area contributed by atoms with E-state index in [0.29, 0.717) is 12.6 Å². The zero-order chi connectivity index (χ0) is 9.84. The highest BCUT2D eigenvalue weighted by molar-refractivity contribution is 5.75. The molecule has 1 fully saturated rings. The van der Waals surface area contributed by atoms with Crippen molar-refractivity contribution in [1.29, 1.82) is 0 Å². The maximum absolute atomic E-state index is 11.2. The summed E-state index contributed by atoms with van der Waals surface area (Å²) in [6.07, 6.45) is 2.59. The second kappa shape index (κ2) is 4.61. The third kappa shape index (κ3) is 3.35. The molecule has 0 aliphatic heterocycles. The van der Waals surface area contributed by atoms with Gasteiger partial charge in [-0.05, 0) is 39.5 Å². The molecule has 1 aliphatic carbocycles. The first-order chi connectivity index (χ1) is 6.15. The number of hydrogen-bond donors (Lipinski definition) is 1. The standard InChI is InChI=1S/C10H19NO2/c1-4-13-10(12)8(3)11-7(2)9-5-6-9/h7-9,11H,4-6H2,1-3H3. The summed E-state index contributed by atoms with van der Waals surface area (Å²) >= 11 is 0. The summed E-state index contributed by atoms with van der Waals surface area (Å²) in [6, 6.07) is 0.273. The number of nitrogens with one attached hydrogen (secondary N) is 1. The van der Waals surface area contributed by atoms with Crippen LogP contribution in [0.4, 0.5) is 0 Å². The lowest BCUT2D eigenvalue weighted by Gasteiger charge is -2.17. The summed E-state index contributed by atoms with van der Waals surface area (Å²) in [4.78, 5) is 11.2. The van der Waals surface area contributed by atoms with Crippen LogP contribution in [0.15, 0.2) is 0 Å². The number of rotatable bonds is 5. The van der Waals surface area contributed by atoms with Crippen molar-refractivity contribution in [3.8, 4) is 0 Å². The molecule has 1 saturated carbocycles. The fourth-order valence-electron chi connectivity index (χ4n) is 1.46. The molecule has 1 N–H and O–H groups in total. The first-order valence-corrected chi connectivity index (χ1v) is 5.07. The van der Waals surface area contributed by atoms with Crippen LogP contribution in [0.3, 0.4) is 0 Å². The Labute approximate surface area is 79.8 Å². The number of carbonyl (C=O) groups excluding carboxylic acids is 1. The Morgan fingerprint density at radius 3 is 2.62 bits per heavy atom. The molecule has 0 heterocycles. The summed E-state index contributed by atoms with van der Waals surface area (Å²) in [5.41, 5.74) is 0. The van der Waals surface area contributed by atoms with E-state index in [1.165, 1.54) is 12.8 Å². The molecular weight excluding hydrogens is 166 g/mol. The summed E-state index contributed by atoms with van der Waals surface area (Å²) in [7, 11) is 0. The normalized spacial score (nSPS) is 20.8. The minimum atomic E-state index is -0.171. The summed E-state index contributed by atoms with van der Waals surface area (Å²) < 4.78 is 4.90. The maximum atomic E-state index is 11.2. The number of ether oxygens (including phenoxy) is 1. The third-order valence-corrected chi connectivity index (χ3v) is 2.48. The summed E-state index contributed by atoms with van der Waals surface area (Å²) in [6.45, 7) is 6.28. The van der Waals surface area contributed by atoms with Crippen LogP contribution in [-0.2, 0) is 9.53 Å². The van der Waals surface area contributed by atoms with Gasteiger partial charge in [0.15, 0.2) is 0 Å². The SMILES string of the molecule is CCOC(=O)C(C)NC(C)C1CC1. The Hall–Kier alpha value is -0.570. The molecule has 2 unspecified atom stereocenters.